The molecule has 0 amide bonds. The van der Waals surface area contributed by atoms with Crippen LogP contribution in [-0.4, -0.2) is 19.3 Å². The van der Waals surface area contributed by atoms with Crippen LogP contribution in [0.25, 0.3) is 6.08 Å². The molecule has 0 unspecified atom stereocenters. The van der Waals surface area contributed by atoms with Crippen molar-refractivity contribution in [2.24, 2.45) is 0 Å². The molecule has 0 atom stereocenters. The maximum absolute atomic E-state index is 12.4. The maximum atomic E-state index is 12.4. The third-order valence-corrected chi connectivity index (χ3v) is 6.03. The van der Waals surface area contributed by atoms with Gasteiger partial charge in [0.1, 0.15) is 0 Å². The molecule has 0 saturated carbocycles. The molecule has 2 rings (SSSR count). The zero-order chi connectivity index (χ0) is 16.2. The van der Waals surface area contributed by atoms with Crippen molar-refractivity contribution in [2.45, 2.75) is 13.5 Å². The van der Waals surface area contributed by atoms with E-state index in [9.17, 15) is 8.42 Å². The first-order chi connectivity index (χ1) is 10.4. The summed E-state index contributed by atoms with van der Waals surface area (Å²) in [4.78, 5) is 0.912. The molecular formula is C15H15Cl2NO2S2. The largest absolute Gasteiger partial charge is 0.236 e. The highest BCUT2D eigenvalue weighted by molar-refractivity contribution is 7.92. The van der Waals surface area contributed by atoms with Crippen LogP contribution in [0.3, 0.4) is 0 Å². The van der Waals surface area contributed by atoms with E-state index in [0.717, 1.165) is 10.4 Å². The normalized spacial score (nSPS) is 12.4. The minimum atomic E-state index is -3.49. The third-order valence-electron chi connectivity index (χ3n) is 2.98. The molecule has 0 fully saturated rings. The molecule has 118 valence electrons. The van der Waals surface area contributed by atoms with E-state index in [1.807, 2.05) is 13.0 Å². The van der Waals surface area contributed by atoms with Gasteiger partial charge in [-0.1, -0.05) is 42.3 Å². The van der Waals surface area contributed by atoms with Gasteiger partial charge in [-0.25, -0.2) is 8.42 Å². The molecular weight excluding hydrogens is 361 g/mol. The molecule has 3 nitrogen and oxygen atoms in total. The van der Waals surface area contributed by atoms with E-state index in [4.69, 9.17) is 23.2 Å². The highest BCUT2D eigenvalue weighted by atomic mass is 35.5. The van der Waals surface area contributed by atoms with Crippen molar-refractivity contribution in [3.05, 3.63) is 61.6 Å². The molecule has 1 heterocycles. The van der Waals surface area contributed by atoms with E-state index in [-0.39, 0.29) is 0 Å². The van der Waals surface area contributed by atoms with Gasteiger partial charge in [-0.2, -0.15) is 4.31 Å². The second-order valence-electron chi connectivity index (χ2n) is 4.53. The number of sulfonamides is 1. The predicted molar refractivity (Wildman–Crippen MR) is 94.8 cm³/mol. The van der Waals surface area contributed by atoms with Gasteiger partial charge in [0.2, 0.25) is 10.0 Å². The zero-order valence-corrected chi connectivity index (χ0v) is 15.0. The van der Waals surface area contributed by atoms with Crippen LogP contribution in [0.1, 0.15) is 17.4 Å². The third kappa shape index (κ3) is 4.83. The van der Waals surface area contributed by atoms with Crippen molar-refractivity contribution >= 4 is 50.6 Å². The quantitative estimate of drug-likeness (QED) is 0.721. The van der Waals surface area contributed by atoms with Crippen molar-refractivity contribution in [2.75, 3.05) is 6.54 Å². The van der Waals surface area contributed by atoms with E-state index in [2.05, 4.69) is 0 Å². The molecule has 0 bridgehead atoms. The Kier molecular flexibility index (Phi) is 6.06. The van der Waals surface area contributed by atoms with Gasteiger partial charge in [0.25, 0.3) is 0 Å². The fourth-order valence-electron chi connectivity index (χ4n) is 1.82. The molecule has 1 aromatic carbocycles. The number of rotatable bonds is 6. The van der Waals surface area contributed by atoms with Gasteiger partial charge in [0.05, 0.1) is 4.34 Å². The smallest absolute Gasteiger partial charge is 0.207 e. The van der Waals surface area contributed by atoms with Crippen LogP contribution in [0, 0.1) is 0 Å². The highest BCUT2D eigenvalue weighted by Gasteiger charge is 2.18. The molecule has 0 aliphatic carbocycles. The average molecular weight is 376 g/mol. The molecule has 0 spiro atoms. The van der Waals surface area contributed by atoms with Gasteiger partial charge in [-0.05, 0) is 35.9 Å². The lowest BCUT2D eigenvalue weighted by atomic mass is 10.2. The molecule has 2 aromatic rings. The van der Waals surface area contributed by atoms with E-state index in [1.165, 1.54) is 21.1 Å². The molecule has 1 aromatic heterocycles. The van der Waals surface area contributed by atoms with E-state index in [1.54, 1.807) is 36.4 Å². The number of benzene rings is 1. The summed E-state index contributed by atoms with van der Waals surface area (Å²) >= 11 is 13.1. The Labute approximate surface area is 144 Å². The van der Waals surface area contributed by atoms with Crippen LogP contribution >= 0.6 is 34.5 Å². The second kappa shape index (κ2) is 7.62. The van der Waals surface area contributed by atoms with Crippen LogP contribution in [0.2, 0.25) is 9.36 Å². The van der Waals surface area contributed by atoms with Crippen molar-refractivity contribution in [3.63, 3.8) is 0 Å². The van der Waals surface area contributed by atoms with Crippen LogP contribution in [0.4, 0.5) is 0 Å². The number of halogens is 2. The molecule has 7 heteroatoms. The lowest BCUT2D eigenvalue weighted by Crippen LogP contribution is -2.28. The summed E-state index contributed by atoms with van der Waals surface area (Å²) in [5.74, 6) is 0. The summed E-state index contributed by atoms with van der Waals surface area (Å²) in [6, 6.07) is 10.6. The summed E-state index contributed by atoms with van der Waals surface area (Å²) < 4.78 is 26.9. The number of hydrogen-bond acceptors (Lipinski definition) is 3. The summed E-state index contributed by atoms with van der Waals surface area (Å²) in [7, 11) is -3.49. The SMILES string of the molecule is CCN(Cc1ccc(Cl)s1)S(=O)(=O)/C=C/c1ccc(Cl)cc1. The molecule has 0 radical (unpaired) electrons. The molecule has 0 N–H and O–H groups in total. The van der Waals surface area contributed by atoms with E-state index in [0.29, 0.717) is 22.4 Å². The van der Waals surface area contributed by atoms with Gasteiger partial charge in [0, 0.05) is 28.4 Å². The fourth-order valence-corrected chi connectivity index (χ4v) is 4.31. The fraction of sp³-hybridized carbons (Fsp3) is 0.200. The van der Waals surface area contributed by atoms with Gasteiger partial charge in [-0.3, -0.25) is 0 Å². The average Bonchev–Trinajstić information content (AvgIpc) is 2.89. The lowest BCUT2D eigenvalue weighted by molar-refractivity contribution is 0.433. The number of nitrogens with zero attached hydrogens (tertiary/aromatic N) is 1. The Hall–Kier alpha value is -0.850. The highest BCUT2D eigenvalue weighted by Crippen LogP contribution is 2.24. The van der Waals surface area contributed by atoms with Gasteiger partial charge >= 0.3 is 0 Å². The topological polar surface area (TPSA) is 37.4 Å². The van der Waals surface area contributed by atoms with Crippen molar-refractivity contribution in [1.82, 2.24) is 4.31 Å². The summed E-state index contributed by atoms with van der Waals surface area (Å²) in [6.45, 7) is 2.52. The Bertz CT molecular complexity index is 752. The standard InChI is InChI=1S/C15H15Cl2NO2S2/c1-2-18(11-14-7-8-15(17)21-14)22(19,20)10-9-12-3-5-13(16)6-4-12/h3-10H,2,11H2,1H3/b10-9+. The lowest BCUT2D eigenvalue weighted by Gasteiger charge is -2.17. The first kappa shape index (κ1) is 17.5. The first-order valence-electron chi connectivity index (χ1n) is 6.58. The maximum Gasteiger partial charge on any atom is 0.236 e. The van der Waals surface area contributed by atoms with Crippen LogP contribution in [0.5, 0.6) is 0 Å². The van der Waals surface area contributed by atoms with Gasteiger partial charge in [0.15, 0.2) is 0 Å². The first-order valence-corrected chi connectivity index (χ1v) is 9.66. The van der Waals surface area contributed by atoms with Gasteiger partial charge in [-0.15, -0.1) is 11.3 Å². The molecule has 0 aliphatic rings. The second-order valence-corrected chi connectivity index (χ2v) is 8.59. The Balaban J connectivity index is 2.14. The zero-order valence-electron chi connectivity index (χ0n) is 11.9. The van der Waals surface area contributed by atoms with Crippen LogP contribution in [-0.2, 0) is 16.6 Å². The number of hydrogen-bond donors (Lipinski definition) is 0. The van der Waals surface area contributed by atoms with Crippen molar-refractivity contribution < 1.29 is 8.42 Å². The van der Waals surface area contributed by atoms with Crippen molar-refractivity contribution in [1.29, 1.82) is 0 Å². The Morgan fingerprint density at radius 1 is 1.14 bits per heavy atom. The van der Waals surface area contributed by atoms with Crippen LogP contribution in [0.15, 0.2) is 41.8 Å². The summed E-state index contributed by atoms with van der Waals surface area (Å²) in [6.07, 6.45) is 1.57. The summed E-state index contributed by atoms with van der Waals surface area (Å²) in [5.41, 5.74) is 0.781. The predicted octanol–water partition coefficient (Wildman–Crippen LogP) is 4.88. The minimum absolute atomic E-state index is 0.321. The van der Waals surface area contributed by atoms with Crippen molar-refractivity contribution in [3.8, 4) is 0 Å². The Morgan fingerprint density at radius 2 is 1.82 bits per heavy atom. The number of thiophene rings is 1. The van der Waals surface area contributed by atoms with Gasteiger partial charge < -0.3 is 0 Å². The van der Waals surface area contributed by atoms with Crippen LogP contribution < -0.4 is 0 Å². The van der Waals surface area contributed by atoms with E-state index >= 15 is 0 Å². The molecule has 22 heavy (non-hydrogen) atoms. The minimum Gasteiger partial charge on any atom is -0.207 e. The molecule has 0 aliphatic heterocycles. The Morgan fingerprint density at radius 3 is 2.36 bits per heavy atom. The summed E-state index contributed by atoms with van der Waals surface area (Å²) in [5, 5.41) is 1.83. The molecule has 0 saturated heterocycles. The monoisotopic (exact) mass is 375 g/mol. The van der Waals surface area contributed by atoms with E-state index < -0.39 is 10.0 Å².